The maximum atomic E-state index is 12.5. The fourth-order valence-corrected chi connectivity index (χ4v) is 3.28. The number of carbonyl (C=O) groups excluding carboxylic acids is 1. The number of amides is 1. The minimum atomic E-state index is -4.33. The SMILES string of the molecule is O=C(C1CC1c1ccc(C(F)(F)F)cc1)N1CCC[C@@H]1CO. The molecular formula is C16H18F3NO2. The van der Waals surface area contributed by atoms with Crippen LogP contribution in [-0.2, 0) is 11.0 Å². The Morgan fingerprint density at radius 1 is 1.27 bits per heavy atom. The fraction of sp³-hybridized carbons (Fsp3) is 0.562. The third-order valence-corrected chi connectivity index (χ3v) is 4.64. The first-order valence-electron chi connectivity index (χ1n) is 7.50. The number of carbonyl (C=O) groups is 1. The minimum Gasteiger partial charge on any atom is -0.394 e. The number of aliphatic hydroxyl groups excluding tert-OH is 1. The van der Waals surface area contributed by atoms with Gasteiger partial charge in [-0.15, -0.1) is 0 Å². The standard InChI is InChI=1S/C16H18F3NO2/c17-16(18,19)11-5-3-10(4-6-11)13-8-14(13)15(22)20-7-1-2-12(20)9-21/h3-6,12-14,21H,1-2,7-9H2/t12-,13?,14?/m1/s1. The number of rotatable bonds is 3. The molecule has 1 saturated carbocycles. The summed E-state index contributed by atoms with van der Waals surface area (Å²) >= 11 is 0. The van der Waals surface area contributed by atoms with Gasteiger partial charge in [0.25, 0.3) is 0 Å². The molecule has 1 aromatic carbocycles. The Hall–Kier alpha value is -1.56. The molecule has 1 aliphatic heterocycles. The van der Waals surface area contributed by atoms with E-state index in [0.29, 0.717) is 13.0 Å². The van der Waals surface area contributed by atoms with Crippen LogP contribution in [-0.4, -0.2) is 35.1 Å². The second-order valence-corrected chi connectivity index (χ2v) is 6.08. The molecule has 0 aromatic heterocycles. The van der Waals surface area contributed by atoms with Gasteiger partial charge >= 0.3 is 6.18 Å². The summed E-state index contributed by atoms with van der Waals surface area (Å²) in [6, 6.07) is 4.98. The molecule has 3 rings (SSSR count). The van der Waals surface area contributed by atoms with Gasteiger partial charge in [0.15, 0.2) is 0 Å². The van der Waals surface area contributed by atoms with Crippen LogP contribution >= 0.6 is 0 Å². The molecule has 1 aromatic rings. The molecule has 2 aliphatic rings. The van der Waals surface area contributed by atoms with Crippen LogP contribution in [0.5, 0.6) is 0 Å². The summed E-state index contributed by atoms with van der Waals surface area (Å²) in [5.74, 6) is -0.111. The molecule has 1 amide bonds. The van der Waals surface area contributed by atoms with E-state index < -0.39 is 11.7 Å². The topological polar surface area (TPSA) is 40.5 Å². The third-order valence-electron chi connectivity index (χ3n) is 4.64. The second kappa shape index (κ2) is 5.57. The lowest BCUT2D eigenvalue weighted by Crippen LogP contribution is -2.38. The van der Waals surface area contributed by atoms with Crippen molar-refractivity contribution in [3.05, 3.63) is 35.4 Å². The quantitative estimate of drug-likeness (QED) is 0.932. The molecule has 120 valence electrons. The van der Waals surface area contributed by atoms with Crippen LogP contribution in [0.25, 0.3) is 0 Å². The third kappa shape index (κ3) is 2.84. The smallest absolute Gasteiger partial charge is 0.394 e. The van der Waals surface area contributed by atoms with E-state index in [9.17, 15) is 23.1 Å². The van der Waals surface area contributed by atoms with E-state index in [-0.39, 0.29) is 30.4 Å². The van der Waals surface area contributed by atoms with Gasteiger partial charge in [-0.3, -0.25) is 4.79 Å². The molecule has 1 saturated heterocycles. The number of halogens is 3. The van der Waals surface area contributed by atoms with Gasteiger partial charge in [-0.1, -0.05) is 12.1 Å². The molecule has 0 bridgehead atoms. The highest BCUT2D eigenvalue weighted by Crippen LogP contribution is 2.49. The van der Waals surface area contributed by atoms with Gasteiger partial charge in [-0.05, 0) is 42.9 Å². The lowest BCUT2D eigenvalue weighted by Gasteiger charge is -2.23. The zero-order chi connectivity index (χ0) is 15.9. The van der Waals surface area contributed by atoms with Gasteiger partial charge in [0.1, 0.15) is 0 Å². The van der Waals surface area contributed by atoms with Crippen molar-refractivity contribution in [1.82, 2.24) is 4.90 Å². The number of nitrogens with zero attached hydrogens (tertiary/aromatic N) is 1. The van der Waals surface area contributed by atoms with Crippen LogP contribution in [0.15, 0.2) is 24.3 Å². The summed E-state index contributed by atoms with van der Waals surface area (Å²) in [6.45, 7) is 0.643. The summed E-state index contributed by atoms with van der Waals surface area (Å²) in [5.41, 5.74) is 0.116. The van der Waals surface area contributed by atoms with Crippen molar-refractivity contribution in [2.75, 3.05) is 13.2 Å². The molecule has 1 aliphatic carbocycles. The van der Waals surface area contributed by atoms with E-state index in [1.54, 1.807) is 4.90 Å². The second-order valence-electron chi connectivity index (χ2n) is 6.08. The number of hydrogen-bond acceptors (Lipinski definition) is 2. The van der Waals surface area contributed by atoms with Crippen LogP contribution in [0.2, 0.25) is 0 Å². The molecule has 22 heavy (non-hydrogen) atoms. The maximum absolute atomic E-state index is 12.5. The van der Waals surface area contributed by atoms with Crippen molar-refractivity contribution in [2.45, 2.75) is 37.4 Å². The molecule has 3 nitrogen and oxygen atoms in total. The molecule has 2 unspecified atom stereocenters. The van der Waals surface area contributed by atoms with Crippen molar-refractivity contribution in [3.63, 3.8) is 0 Å². The first-order chi connectivity index (χ1) is 10.4. The number of hydrogen-bond donors (Lipinski definition) is 1. The fourth-order valence-electron chi connectivity index (χ4n) is 3.28. The Bertz CT molecular complexity index is 556. The van der Waals surface area contributed by atoms with Crippen molar-refractivity contribution in [2.24, 2.45) is 5.92 Å². The van der Waals surface area contributed by atoms with E-state index in [1.165, 1.54) is 12.1 Å². The van der Waals surface area contributed by atoms with Crippen molar-refractivity contribution in [1.29, 1.82) is 0 Å². The van der Waals surface area contributed by atoms with Gasteiger partial charge in [-0.25, -0.2) is 0 Å². The van der Waals surface area contributed by atoms with Gasteiger partial charge in [0, 0.05) is 12.5 Å². The predicted molar refractivity (Wildman–Crippen MR) is 74.1 cm³/mol. The van der Waals surface area contributed by atoms with E-state index in [1.807, 2.05) is 0 Å². The monoisotopic (exact) mass is 313 g/mol. The van der Waals surface area contributed by atoms with E-state index in [0.717, 1.165) is 30.5 Å². The van der Waals surface area contributed by atoms with E-state index in [2.05, 4.69) is 0 Å². The van der Waals surface area contributed by atoms with E-state index >= 15 is 0 Å². The summed E-state index contributed by atoms with van der Waals surface area (Å²) in [4.78, 5) is 14.2. The Morgan fingerprint density at radius 2 is 1.95 bits per heavy atom. The molecule has 0 radical (unpaired) electrons. The molecule has 3 atom stereocenters. The summed E-state index contributed by atoms with van der Waals surface area (Å²) in [7, 11) is 0. The Kier molecular flexibility index (Phi) is 3.89. The average molecular weight is 313 g/mol. The molecular weight excluding hydrogens is 295 g/mol. The highest BCUT2D eigenvalue weighted by atomic mass is 19.4. The van der Waals surface area contributed by atoms with Crippen molar-refractivity contribution < 1.29 is 23.1 Å². The van der Waals surface area contributed by atoms with Gasteiger partial charge in [-0.2, -0.15) is 13.2 Å². The molecule has 2 fully saturated rings. The molecule has 1 N–H and O–H groups in total. The first kappa shape index (κ1) is 15.3. The van der Waals surface area contributed by atoms with Crippen molar-refractivity contribution >= 4 is 5.91 Å². The number of alkyl halides is 3. The molecule has 6 heteroatoms. The zero-order valence-corrected chi connectivity index (χ0v) is 12.0. The predicted octanol–water partition coefficient (Wildman–Crippen LogP) is 2.79. The Balaban J connectivity index is 1.65. The highest BCUT2D eigenvalue weighted by Gasteiger charge is 2.47. The minimum absolute atomic E-state index is 0.00901. The average Bonchev–Trinajstić information content (AvgIpc) is 3.15. The van der Waals surface area contributed by atoms with Crippen LogP contribution in [0.4, 0.5) is 13.2 Å². The summed E-state index contributed by atoms with van der Waals surface area (Å²) < 4.78 is 37.6. The van der Waals surface area contributed by atoms with E-state index in [4.69, 9.17) is 0 Å². The lowest BCUT2D eigenvalue weighted by molar-refractivity contribution is -0.137. The van der Waals surface area contributed by atoms with Crippen LogP contribution in [0, 0.1) is 5.92 Å². The first-order valence-corrected chi connectivity index (χ1v) is 7.50. The highest BCUT2D eigenvalue weighted by molar-refractivity contribution is 5.83. The van der Waals surface area contributed by atoms with Gasteiger partial charge in [0.2, 0.25) is 5.91 Å². The molecule has 0 spiro atoms. The maximum Gasteiger partial charge on any atom is 0.416 e. The number of aliphatic hydroxyl groups is 1. The van der Waals surface area contributed by atoms with Crippen molar-refractivity contribution in [3.8, 4) is 0 Å². The van der Waals surface area contributed by atoms with Crippen LogP contribution in [0.3, 0.4) is 0 Å². The Labute approximate surface area is 126 Å². The largest absolute Gasteiger partial charge is 0.416 e. The normalized spacial score (nSPS) is 28.0. The zero-order valence-electron chi connectivity index (χ0n) is 12.0. The Morgan fingerprint density at radius 3 is 2.55 bits per heavy atom. The number of likely N-dealkylation sites (tertiary alicyclic amines) is 1. The van der Waals surface area contributed by atoms with Gasteiger partial charge < -0.3 is 10.0 Å². The lowest BCUT2D eigenvalue weighted by atomic mass is 10.1. The summed E-state index contributed by atoms with van der Waals surface area (Å²) in [5, 5.41) is 9.28. The summed E-state index contributed by atoms with van der Waals surface area (Å²) in [6.07, 6.45) is -1.94. The van der Waals surface area contributed by atoms with Crippen LogP contribution < -0.4 is 0 Å². The molecule has 1 heterocycles. The van der Waals surface area contributed by atoms with Crippen LogP contribution in [0.1, 0.15) is 36.3 Å². The number of benzene rings is 1. The van der Waals surface area contributed by atoms with Gasteiger partial charge in [0.05, 0.1) is 18.2 Å².